The molecule has 0 bridgehead atoms. The summed E-state index contributed by atoms with van der Waals surface area (Å²) in [6.45, 7) is 0. The van der Waals surface area contributed by atoms with Gasteiger partial charge in [-0.2, -0.15) is 0 Å². The second kappa shape index (κ2) is 4.69. The molecule has 1 aromatic carbocycles. The number of hydrogen-bond donors (Lipinski definition) is 2. The maximum Gasteiger partial charge on any atom is 0.260 e. The van der Waals surface area contributed by atoms with Gasteiger partial charge in [-0.3, -0.25) is 4.79 Å². The van der Waals surface area contributed by atoms with Gasteiger partial charge in [-0.1, -0.05) is 11.6 Å². The van der Waals surface area contributed by atoms with Crippen LogP contribution in [-0.4, -0.2) is 11.0 Å². The summed E-state index contributed by atoms with van der Waals surface area (Å²) in [5.74, 6) is -0.462. The number of phenolic OH excluding ortho intramolecular Hbond substituents is 1. The van der Waals surface area contributed by atoms with Crippen molar-refractivity contribution in [3.05, 3.63) is 46.3 Å². The number of nitrogens with one attached hydrogen (secondary N) is 1. The molecule has 0 spiro atoms. The zero-order valence-corrected chi connectivity index (χ0v) is 9.92. The highest BCUT2D eigenvalue weighted by Gasteiger charge is 2.13. The second-order valence-corrected chi connectivity index (χ2v) is 3.98. The van der Waals surface area contributed by atoms with Crippen molar-refractivity contribution in [1.29, 1.82) is 0 Å². The Balaban J connectivity index is 2.19. The molecule has 0 aliphatic rings. The molecule has 0 radical (unpaired) electrons. The zero-order valence-electron chi connectivity index (χ0n) is 8.41. The normalized spacial score (nSPS) is 10.2. The van der Waals surface area contributed by atoms with Crippen LogP contribution in [-0.2, 0) is 0 Å². The molecule has 4 nitrogen and oxygen atoms in total. The molecule has 1 heterocycles. The number of amides is 1. The van der Waals surface area contributed by atoms with Crippen LogP contribution >= 0.6 is 23.2 Å². The Morgan fingerprint density at radius 2 is 2.06 bits per heavy atom. The first-order valence-corrected chi connectivity index (χ1v) is 5.36. The molecule has 1 amide bonds. The third-order valence-corrected chi connectivity index (χ3v) is 2.66. The molecule has 2 aromatic rings. The maximum atomic E-state index is 11.7. The van der Waals surface area contributed by atoms with E-state index in [4.69, 9.17) is 27.6 Å². The van der Waals surface area contributed by atoms with E-state index < -0.39 is 5.91 Å². The molecule has 0 aliphatic carbocycles. The van der Waals surface area contributed by atoms with E-state index in [0.717, 1.165) is 0 Å². The monoisotopic (exact) mass is 271 g/mol. The smallest absolute Gasteiger partial charge is 0.260 e. The Hall–Kier alpha value is -1.65. The number of phenols is 1. The van der Waals surface area contributed by atoms with Crippen LogP contribution in [0, 0.1) is 0 Å². The average Bonchev–Trinajstić information content (AvgIpc) is 2.70. The summed E-state index contributed by atoms with van der Waals surface area (Å²) >= 11 is 11.4. The molecule has 2 N–H and O–H groups in total. The van der Waals surface area contributed by atoms with E-state index in [2.05, 4.69) is 5.32 Å². The fourth-order valence-electron chi connectivity index (χ4n) is 1.24. The number of benzene rings is 1. The highest BCUT2D eigenvalue weighted by molar-refractivity contribution is 6.33. The minimum absolute atomic E-state index is 0.0207. The number of carbonyl (C=O) groups is 1. The first-order chi connectivity index (χ1) is 8.08. The molecule has 0 saturated heterocycles. The minimum atomic E-state index is -0.412. The van der Waals surface area contributed by atoms with Crippen molar-refractivity contribution in [2.75, 3.05) is 5.32 Å². The molecule has 6 heteroatoms. The van der Waals surface area contributed by atoms with Gasteiger partial charge in [0.15, 0.2) is 0 Å². The van der Waals surface area contributed by atoms with E-state index in [1.807, 2.05) is 0 Å². The van der Waals surface area contributed by atoms with E-state index in [0.29, 0.717) is 5.69 Å². The van der Waals surface area contributed by atoms with Crippen molar-refractivity contribution in [3.63, 3.8) is 0 Å². The predicted molar refractivity (Wildman–Crippen MR) is 64.8 cm³/mol. The third-order valence-electron chi connectivity index (χ3n) is 2.07. The van der Waals surface area contributed by atoms with Crippen molar-refractivity contribution in [1.82, 2.24) is 0 Å². The topological polar surface area (TPSA) is 62.5 Å². The number of hydrogen-bond acceptors (Lipinski definition) is 3. The molecule has 0 saturated carbocycles. The standard InChI is InChI=1S/C11H7Cl2NO3/c12-8-5-6(1-2-9(8)15)14-11(16)7-3-4-17-10(7)13/h1-5,15H,(H,14,16). The Morgan fingerprint density at radius 3 is 2.65 bits per heavy atom. The molecule has 2 rings (SSSR count). The Kier molecular flexibility index (Phi) is 3.26. The summed E-state index contributed by atoms with van der Waals surface area (Å²) in [4.78, 5) is 11.7. The lowest BCUT2D eigenvalue weighted by Gasteiger charge is -2.05. The molecule has 1 aromatic heterocycles. The van der Waals surface area contributed by atoms with Gasteiger partial charge in [0, 0.05) is 5.69 Å². The Bertz CT molecular complexity index is 566. The summed E-state index contributed by atoms with van der Waals surface area (Å²) in [6.07, 6.45) is 1.32. The number of furan rings is 1. The molecule has 0 unspecified atom stereocenters. The molecule has 17 heavy (non-hydrogen) atoms. The number of rotatable bonds is 2. The van der Waals surface area contributed by atoms with E-state index in [9.17, 15) is 9.90 Å². The summed E-state index contributed by atoms with van der Waals surface area (Å²) in [5, 5.41) is 12.0. The molecular formula is C11H7Cl2NO3. The number of aromatic hydroxyl groups is 1. The van der Waals surface area contributed by atoms with Crippen LogP contribution in [0.2, 0.25) is 10.2 Å². The molecule has 88 valence electrons. The van der Waals surface area contributed by atoms with Gasteiger partial charge in [0.25, 0.3) is 5.91 Å². The fraction of sp³-hybridized carbons (Fsp3) is 0. The lowest BCUT2D eigenvalue weighted by atomic mass is 10.2. The van der Waals surface area contributed by atoms with Crippen LogP contribution in [0.3, 0.4) is 0 Å². The van der Waals surface area contributed by atoms with Crippen molar-refractivity contribution in [3.8, 4) is 5.75 Å². The van der Waals surface area contributed by atoms with Crippen molar-refractivity contribution in [2.45, 2.75) is 0 Å². The summed E-state index contributed by atoms with van der Waals surface area (Å²) in [5.41, 5.74) is 0.686. The number of carbonyl (C=O) groups excluding carboxylic acids is 1. The van der Waals surface area contributed by atoms with Gasteiger partial charge < -0.3 is 14.8 Å². The minimum Gasteiger partial charge on any atom is -0.506 e. The largest absolute Gasteiger partial charge is 0.506 e. The van der Waals surface area contributed by atoms with Crippen molar-refractivity contribution in [2.24, 2.45) is 0 Å². The predicted octanol–water partition coefficient (Wildman–Crippen LogP) is 3.54. The van der Waals surface area contributed by atoms with E-state index in [1.54, 1.807) is 0 Å². The molecule has 0 fully saturated rings. The highest BCUT2D eigenvalue weighted by Crippen LogP contribution is 2.26. The zero-order chi connectivity index (χ0) is 12.4. The SMILES string of the molecule is O=C(Nc1ccc(O)c(Cl)c1)c1ccoc1Cl. The lowest BCUT2D eigenvalue weighted by Crippen LogP contribution is -2.11. The first kappa shape index (κ1) is 11.8. The van der Waals surface area contributed by atoms with Crippen LogP contribution in [0.15, 0.2) is 34.9 Å². The second-order valence-electron chi connectivity index (χ2n) is 3.23. The number of halogens is 2. The number of anilines is 1. The summed E-state index contributed by atoms with van der Waals surface area (Å²) < 4.78 is 4.80. The van der Waals surface area contributed by atoms with Crippen LogP contribution < -0.4 is 5.32 Å². The maximum absolute atomic E-state index is 11.7. The van der Waals surface area contributed by atoms with Gasteiger partial charge in [0.05, 0.1) is 16.8 Å². The molecule has 0 atom stereocenters. The van der Waals surface area contributed by atoms with Gasteiger partial charge in [-0.25, -0.2) is 0 Å². The lowest BCUT2D eigenvalue weighted by molar-refractivity contribution is 0.102. The van der Waals surface area contributed by atoms with Crippen LogP contribution in [0.1, 0.15) is 10.4 Å². The van der Waals surface area contributed by atoms with Gasteiger partial charge in [0.2, 0.25) is 5.22 Å². The summed E-state index contributed by atoms with van der Waals surface area (Å²) in [7, 11) is 0. The van der Waals surface area contributed by atoms with Crippen molar-refractivity contribution < 1.29 is 14.3 Å². The molecule has 0 aliphatic heterocycles. The molecular weight excluding hydrogens is 265 g/mol. The Morgan fingerprint density at radius 1 is 1.29 bits per heavy atom. The van der Waals surface area contributed by atoms with E-state index in [1.165, 1.54) is 30.5 Å². The van der Waals surface area contributed by atoms with Gasteiger partial charge in [-0.15, -0.1) is 0 Å². The van der Waals surface area contributed by atoms with Crippen molar-refractivity contribution >= 4 is 34.8 Å². The Labute approximate surface area is 107 Å². The van der Waals surface area contributed by atoms with Crippen LogP contribution in [0.5, 0.6) is 5.75 Å². The van der Waals surface area contributed by atoms with Gasteiger partial charge in [0.1, 0.15) is 5.75 Å². The van der Waals surface area contributed by atoms with Crippen LogP contribution in [0.4, 0.5) is 5.69 Å². The average molecular weight is 272 g/mol. The van der Waals surface area contributed by atoms with E-state index >= 15 is 0 Å². The van der Waals surface area contributed by atoms with E-state index in [-0.39, 0.29) is 21.6 Å². The summed E-state index contributed by atoms with van der Waals surface area (Å²) in [6, 6.07) is 5.80. The highest BCUT2D eigenvalue weighted by atomic mass is 35.5. The first-order valence-electron chi connectivity index (χ1n) is 4.61. The van der Waals surface area contributed by atoms with Gasteiger partial charge in [-0.05, 0) is 35.9 Å². The fourth-order valence-corrected chi connectivity index (χ4v) is 1.62. The van der Waals surface area contributed by atoms with Crippen LogP contribution in [0.25, 0.3) is 0 Å². The van der Waals surface area contributed by atoms with Gasteiger partial charge >= 0.3 is 0 Å². The third kappa shape index (κ3) is 2.54. The quantitative estimate of drug-likeness (QED) is 0.822.